The molecule has 26 atom stereocenters. The summed E-state index contributed by atoms with van der Waals surface area (Å²) in [5.41, 5.74) is 5.87. The van der Waals surface area contributed by atoms with Crippen LogP contribution in [0.15, 0.2) is 60.2 Å². The molecule has 2 aromatic carbocycles. The van der Waals surface area contributed by atoms with Gasteiger partial charge in [-0.05, 0) is 128 Å². The number of fused-ring (bicyclic) bond motifs is 10. The van der Waals surface area contributed by atoms with Gasteiger partial charge >= 0.3 is 6.09 Å². The number of alkyl carbamates (subject to hydrolysis) is 1. The van der Waals surface area contributed by atoms with E-state index >= 15 is 0 Å². The first-order valence-electron chi connectivity index (χ1n) is 30.2. The van der Waals surface area contributed by atoms with Crippen molar-refractivity contribution < 1.29 is 87.9 Å². The van der Waals surface area contributed by atoms with Crippen LogP contribution in [0.3, 0.4) is 0 Å². The Bertz CT molecular complexity index is 2540. The Morgan fingerprint density at radius 1 is 0.716 bits per heavy atom. The molecule has 5 aliphatic heterocycles. The second kappa shape index (κ2) is 22.9. The SMILES string of the molecule is C[C@@H]1CC[C@@]2(OC1)O[C@H]1C[C@H]3[C@@H]4CC=C5C[C@@H](O[C@@H]6O[C@H](CO)[C@@H](O[C@H]7O[C@H](C)[C@@H](OCCNC(=O)OCC8c9ccccc9-c9ccccc98)[C@H](O)[C@@H]7O)[C@H](O)[C@H]6O[C@H]6O[C@H](C)[C@@H](O)[C@H](O)[C@@H]6O)CC[C@]5(C)[C@H]4CC[C@]3(C)[C@H]1[C@@H]2C. The molecule has 0 bridgehead atoms. The Balaban J connectivity index is 0.680. The van der Waals surface area contributed by atoms with Crippen LogP contribution in [0.1, 0.15) is 116 Å². The molecule has 448 valence electrons. The van der Waals surface area contributed by atoms with E-state index in [9.17, 15) is 40.5 Å². The summed E-state index contributed by atoms with van der Waals surface area (Å²) >= 11 is 0. The van der Waals surface area contributed by atoms with Crippen LogP contribution in [-0.4, -0.2) is 185 Å². The lowest BCUT2D eigenvalue weighted by atomic mass is 9.47. The Morgan fingerprint density at radius 2 is 1.41 bits per heavy atom. The average Bonchev–Trinajstić information content (AvgIpc) is 3.85. The van der Waals surface area contributed by atoms with Gasteiger partial charge < -0.3 is 88.4 Å². The number of amides is 1. The lowest BCUT2D eigenvalue weighted by Gasteiger charge is -2.58. The molecule has 3 saturated carbocycles. The van der Waals surface area contributed by atoms with Crippen molar-refractivity contribution in [3.05, 3.63) is 71.3 Å². The minimum absolute atomic E-state index is 0.0249. The minimum atomic E-state index is -1.74. The molecule has 1 amide bonds. The minimum Gasteiger partial charge on any atom is -0.449 e. The highest BCUT2D eigenvalue weighted by atomic mass is 16.8. The van der Waals surface area contributed by atoms with Gasteiger partial charge in [0, 0.05) is 24.8 Å². The zero-order valence-electron chi connectivity index (χ0n) is 47.6. The first kappa shape index (κ1) is 58.2. The van der Waals surface area contributed by atoms with Gasteiger partial charge in [-0.3, -0.25) is 0 Å². The highest BCUT2D eigenvalue weighted by molar-refractivity contribution is 5.79. The van der Waals surface area contributed by atoms with Crippen LogP contribution in [-0.2, 0) is 47.4 Å². The predicted molar refractivity (Wildman–Crippen MR) is 290 cm³/mol. The predicted octanol–water partition coefficient (Wildman–Crippen LogP) is 4.80. The molecule has 10 aliphatic rings. The summed E-state index contributed by atoms with van der Waals surface area (Å²) < 4.78 is 63.0. The van der Waals surface area contributed by atoms with Crippen LogP contribution in [0.5, 0.6) is 0 Å². The highest BCUT2D eigenvalue weighted by Crippen LogP contribution is 2.71. The summed E-state index contributed by atoms with van der Waals surface area (Å²) in [6.07, 6.45) is -11.2. The van der Waals surface area contributed by atoms with Crippen LogP contribution in [0.25, 0.3) is 11.1 Å². The molecule has 8 fully saturated rings. The van der Waals surface area contributed by atoms with Gasteiger partial charge in [0.25, 0.3) is 0 Å². The first-order valence-corrected chi connectivity index (χ1v) is 30.2. The van der Waals surface area contributed by atoms with Gasteiger partial charge in [0.1, 0.15) is 67.6 Å². The quantitative estimate of drug-likeness (QED) is 0.0989. The summed E-state index contributed by atoms with van der Waals surface area (Å²) in [5, 5.41) is 81.3. The van der Waals surface area contributed by atoms with Crippen molar-refractivity contribution in [3.8, 4) is 11.1 Å². The van der Waals surface area contributed by atoms with Crippen molar-refractivity contribution in [2.24, 2.45) is 46.3 Å². The van der Waals surface area contributed by atoms with Gasteiger partial charge in [-0.1, -0.05) is 87.9 Å². The largest absolute Gasteiger partial charge is 0.449 e. The zero-order chi connectivity index (χ0) is 56.9. The number of rotatable bonds is 13. The Hall–Kier alpha value is -3.19. The van der Waals surface area contributed by atoms with E-state index in [2.05, 4.69) is 51.2 Å². The van der Waals surface area contributed by atoms with Gasteiger partial charge in [-0.2, -0.15) is 0 Å². The van der Waals surface area contributed by atoms with Crippen LogP contribution in [0, 0.1) is 46.3 Å². The molecule has 5 saturated heterocycles. The molecule has 81 heavy (non-hydrogen) atoms. The zero-order valence-corrected chi connectivity index (χ0v) is 47.6. The summed E-state index contributed by atoms with van der Waals surface area (Å²) in [7, 11) is 0. The number of benzene rings is 2. The van der Waals surface area contributed by atoms with Crippen molar-refractivity contribution in [3.63, 3.8) is 0 Å². The number of hydrogen-bond donors (Lipinski definition) is 8. The molecule has 8 N–H and O–H groups in total. The number of ether oxygens (including phenoxy) is 10. The topological polar surface area (TPSA) is 263 Å². The van der Waals surface area contributed by atoms with Crippen molar-refractivity contribution in [2.45, 2.75) is 215 Å². The Morgan fingerprint density at radius 3 is 2.11 bits per heavy atom. The van der Waals surface area contributed by atoms with Crippen LogP contribution >= 0.6 is 0 Å². The fourth-order valence-corrected chi connectivity index (χ4v) is 17.2. The van der Waals surface area contributed by atoms with Crippen molar-refractivity contribution >= 4 is 6.09 Å². The number of aliphatic hydroxyl groups is 7. The smallest absolute Gasteiger partial charge is 0.407 e. The third-order valence-corrected chi connectivity index (χ3v) is 21.6. The third kappa shape index (κ3) is 10.2. The second-order valence-corrected chi connectivity index (χ2v) is 26.2. The summed E-state index contributed by atoms with van der Waals surface area (Å²) in [6, 6.07) is 16.1. The normalized spacial score (nSPS) is 47.3. The fraction of sp³-hybridized carbons (Fsp3) is 0.758. The number of allylic oxidation sites excluding steroid dienone is 1. The third-order valence-electron chi connectivity index (χ3n) is 21.6. The van der Waals surface area contributed by atoms with E-state index in [-0.39, 0.29) is 42.6 Å². The monoisotopic (exact) mass is 1130 g/mol. The molecule has 1 spiro atoms. The second-order valence-electron chi connectivity index (χ2n) is 26.2. The first-order chi connectivity index (χ1) is 38.8. The summed E-state index contributed by atoms with van der Waals surface area (Å²) in [5.74, 6) is 2.40. The van der Waals surface area contributed by atoms with Gasteiger partial charge in [0.15, 0.2) is 24.7 Å². The number of hydrogen-bond acceptors (Lipinski definition) is 18. The molecule has 5 heterocycles. The number of nitrogens with one attached hydrogen (secondary N) is 1. The van der Waals surface area contributed by atoms with Crippen LogP contribution in [0.4, 0.5) is 4.79 Å². The fourth-order valence-electron chi connectivity index (χ4n) is 17.2. The summed E-state index contributed by atoms with van der Waals surface area (Å²) in [4.78, 5) is 12.9. The summed E-state index contributed by atoms with van der Waals surface area (Å²) in [6.45, 7) is 12.9. The Labute approximate surface area is 474 Å². The van der Waals surface area contributed by atoms with E-state index in [1.807, 2.05) is 36.4 Å². The molecular formula is C62H87NO18. The molecular weight excluding hydrogens is 1050 g/mol. The molecule has 12 rings (SSSR count). The molecule has 0 unspecified atom stereocenters. The lowest BCUT2D eigenvalue weighted by Crippen LogP contribution is -2.66. The van der Waals surface area contributed by atoms with E-state index in [1.165, 1.54) is 12.5 Å². The van der Waals surface area contributed by atoms with E-state index in [4.69, 9.17) is 47.4 Å². The molecule has 0 radical (unpaired) electrons. The van der Waals surface area contributed by atoms with Crippen LogP contribution in [0.2, 0.25) is 0 Å². The molecule has 5 aliphatic carbocycles. The average molecular weight is 1130 g/mol. The standard InChI is InChI=1S/C62H87NO18/c1-30-17-22-62(74-28-30)31(2)46-44(81-62)26-43-40-16-15-34-25-35(18-20-60(34,5)42(40)19-21-61(43,46)6)77-58-55(80-56-50(68)48(66)47(65)32(3)75-56)52(70)54(45(27-64)78-58)79-57-51(69)49(67)53(33(4)76-57)72-24-23-63-59(71)73-29-41-38-13-9-7-11-36(38)37-12-8-10-14-39(37)41/h7-15,30-33,35,40-58,64-70H,16-29H2,1-6H3,(H,63,71)/t30-,31+,32-,33-,35+,40-,42+,43+,44+,45-,46+,47-,48+,49-,50+,51+,52+,53-,54-,55-,56-,57-,58-,60+,61+,62-/m1/s1. The van der Waals surface area contributed by atoms with E-state index in [0.29, 0.717) is 48.3 Å². The maximum Gasteiger partial charge on any atom is 0.407 e. The number of carbonyl (C=O) groups excluding carboxylic acids is 1. The van der Waals surface area contributed by atoms with Gasteiger partial charge in [-0.25, -0.2) is 4.79 Å². The maximum atomic E-state index is 12.9. The van der Waals surface area contributed by atoms with E-state index in [1.54, 1.807) is 6.92 Å². The highest BCUT2D eigenvalue weighted by Gasteiger charge is 2.69. The van der Waals surface area contributed by atoms with Gasteiger partial charge in [0.05, 0.1) is 44.2 Å². The molecule has 19 nitrogen and oxygen atoms in total. The maximum absolute atomic E-state index is 12.9. The molecule has 19 heteroatoms. The number of aliphatic hydroxyl groups excluding tert-OH is 7. The lowest BCUT2D eigenvalue weighted by molar-refractivity contribution is -0.389. The van der Waals surface area contributed by atoms with Crippen LogP contribution < -0.4 is 5.32 Å². The van der Waals surface area contributed by atoms with Gasteiger partial charge in [0.2, 0.25) is 0 Å². The number of carbonyl (C=O) groups is 1. The van der Waals surface area contributed by atoms with E-state index in [0.717, 1.165) is 73.8 Å². The van der Waals surface area contributed by atoms with Crippen molar-refractivity contribution in [1.29, 1.82) is 0 Å². The Kier molecular flexibility index (Phi) is 16.5. The van der Waals surface area contributed by atoms with Crippen molar-refractivity contribution in [2.75, 3.05) is 33.0 Å². The molecule has 0 aromatic heterocycles. The van der Waals surface area contributed by atoms with Crippen molar-refractivity contribution in [1.82, 2.24) is 5.32 Å². The van der Waals surface area contributed by atoms with E-state index < -0.39 is 117 Å². The van der Waals surface area contributed by atoms with Gasteiger partial charge in [-0.15, -0.1) is 0 Å². The molecule has 2 aromatic rings.